The fraction of sp³-hybridized carbons (Fsp3) is 0.400. The van der Waals surface area contributed by atoms with Gasteiger partial charge in [0.1, 0.15) is 7.85 Å². The summed E-state index contributed by atoms with van der Waals surface area (Å²) in [6.07, 6.45) is 1.94. The topological polar surface area (TPSA) is 9.23 Å². The molecule has 0 atom stereocenters. The molecule has 0 amide bonds. The van der Waals surface area contributed by atoms with E-state index in [1.807, 2.05) is 14.8 Å². The van der Waals surface area contributed by atoms with Crippen LogP contribution in [0, 0.1) is 12.7 Å². The first-order valence-electron chi connectivity index (χ1n) is 4.61. The molecule has 0 fully saturated rings. The van der Waals surface area contributed by atoms with Crippen molar-refractivity contribution in [3.63, 3.8) is 0 Å². The van der Waals surface area contributed by atoms with Gasteiger partial charge in [0.15, 0.2) is 11.6 Å². The van der Waals surface area contributed by atoms with Gasteiger partial charge in [-0.1, -0.05) is 11.0 Å². The Hall–Kier alpha value is -0.985. The predicted octanol–water partition coefficient (Wildman–Crippen LogP) is 0.718. The van der Waals surface area contributed by atoms with E-state index in [0.717, 1.165) is 23.9 Å². The van der Waals surface area contributed by atoms with E-state index < -0.39 is 0 Å². The summed E-state index contributed by atoms with van der Waals surface area (Å²) >= 11 is 0. The van der Waals surface area contributed by atoms with Crippen molar-refractivity contribution in [1.82, 2.24) is 0 Å². The summed E-state index contributed by atoms with van der Waals surface area (Å²) < 4.78 is 18.7. The van der Waals surface area contributed by atoms with E-state index in [9.17, 15) is 4.39 Å². The van der Waals surface area contributed by atoms with E-state index in [1.165, 1.54) is 5.56 Å². The zero-order valence-electron chi connectivity index (χ0n) is 7.98. The van der Waals surface area contributed by atoms with Crippen molar-refractivity contribution in [2.24, 2.45) is 0 Å². The molecular formula is C10H12BFO. The molecule has 0 unspecified atom stereocenters. The Morgan fingerprint density at radius 2 is 2.31 bits per heavy atom. The van der Waals surface area contributed by atoms with E-state index in [4.69, 9.17) is 4.74 Å². The third kappa shape index (κ3) is 1.32. The number of halogens is 1. The third-order valence-corrected chi connectivity index (χ3v) is 2.70. The van der Waals surface area contributed by atoms with Gasteiger partial charge < -0.3 is 4.74 Å². The molecule has 2 rings (SSSR count). The van der Waals surface area contributed by atoms with Crippen molar-refractivity contribution >= 4 is 13.3 Å². The highest BCUT2D eigenvalue weighted by Gasteiger charge is 2.18. The molecule has 0 spiro atoms. The fourth-order valence-electron chi connectivity index (χ4n) is 1.80. The average molecular weight is 178 g/mol. The van der Waals surface area contributed by atoms with Crippen LogP contribution in [0.25, 0.3) is 0 Å². The second-order valence-corrected chi connectivity index (χ2v) is 3.56. The van der Waals surface area contributed by atoms with Gasteiger partial charge in [0.05, 0.1) is 6.61 Å². The van der Waals surface area contributed by atoms with Gasteiger partial charge in [0.2, 0.25) is 0 Å². The summed E-state index contributed by atoms with van der Waals surface area (Å²) in [5, 5.41) is 0. The summed E-state index contributed by atoms with van der Waals surface area (Å²) in [6, 6.07) is 1.56. The van der Waals surface area contributed by atoms with Gasteiger partial charge in [-0.3, -0.25) is 0 Å². The molecule has 0 aromatic heterocycles. The minimum atomic E-state index is -0.210. The van der Waals surface area contributed by atoms with Gasteiger partial charge in [-0.15, -0.1) is 0 Å². The molecule has 0 saturated heterocycles. The molecule has 1 nitrogen and oxygen atoms in total. The predicted molar refractivity (Wildman–Crippen MR) is 53.1 cm³/mol. The van der Waals surface area contributed by atoms with Crippen molar-refractivity contribution in [1.29, 1.82) is 0 Å². The largest absolute Gasteiger partial charge is 0.490 e. The van der Waals surface area contributed by atoms with Crippen molar-refractivity contribution in [2.45, 2.75) is 19.8 Å². The number of rotatable bonds is 0. The Labute approximate surface area is 78.3 Å². The molecule has 0 aliphatic carbocycles. The first-order chi connectivity index (χ1) is 6.20. The Bertz CT molecular complexity index is 349. The maximum absolute atomic E-state index is 13.4. The normalized spacial score (nSPS) is 14.9. The molecule has 0 radical (unpaired) electrons. The highest BCUT2D eigenvalue weighted by atomic mass is 19.1. The van der Waals surface area contributed by atoms with Crippen molar-refractivity contribution in [3.8, 4) is 5.75 Å². The standard InChI is InChI=1S/C10H12BFO/c1-6-7-3-2-4-13-10(7)9(12)5-8(6)11/h5H,2-4,11H2,1H3. The summed E-state index contributed by atoms with van der Waals surface area (Å²) in [5.41, 5.74) is 3.25. The van der Waals surface area contributed by atoms with Crippen LogP contribution in [0.15, 0.2) is 6.07 Å². The lowest BCUT2D eigenvalue weighted by Crippen LogP contribution is -2.18. The van der Waals surface area contributed by atoms with E-state index in [0.29, 0.717) is 12.4 Å². The highest BCUT2D eigenvalue weighted by Crippen LogP contribution is 2.29. The lowest BCUT2D eigenvalue weighted by Gasteiger charge is -2.21. The molecule has 13 heavy (non-hydrogen) atoms. The van der Waals surface area contributed by atoms with Crippen LogP contribution in [-0.2, 0) is 6.42 Å². The third-order valence-electron chi connectivity index (χ3n) is 2.70. The molecule has 68 valence electrons. The molecule has 1 aliphatic rings. The van der Waals surface area contributed by atoms with Crippen molar-refractivity contribution in [2.75, 3.05) is 6.61 Å². The van der Waals surface area contributed by atoms with Crippen LogP contribution in [0.2, 0.25) is 0 Å². The fourth-order valence-corrected chi connectivity index (χ4v) is 1.80. The van der Waals surface area contributed by atoms with Crippen LogP contribution in [-0.4, -0.2) is 14.5 Å². The summed E-state index contributed by atoms with van der Waals surface area (Å²) in [6.45, 7) is 2.68. The van der Waals surface area contributed by atoms with Gasteiger partial charge in [0.25, 0.3) is 0 Å². The first kappa shape index (κ1) is 8.61. The van der Waals surface area contributed by atoms with Crippen LogP contribution >= 0.6 is 0 Å². The second kappa shape index (κ2) is 3.06. The van der Waals surface area contributed by atoms with Gasteiger partial charge >= 0.3 is 0 Å². The van der Waals surface area contributed by atoms with Crippen LogP contribution in [0.1, 0.15) is 17.5 Å². The maximum atomic E-state index is 13.4. The van der Waals surface area contributed by atoms with Gasteiger partial charge in [-0.25, -0.2) is 4.39 Å². The van der Waals surface area contributed by atoms with E-state index in [1.54, 1.807) is 6.07 Å². The maximum Gasteiger partial charge on any atom is 0.164 e. The van der Waals surface area contributed by atoms with Gasteiger partial charge in [0, 0.05) is 0 Å². The summed E-state index contributed by atoms with van der Waals surface area (Å²) in [4.78, 5) is 0. The number of ether oxygens (including phenoxy) is 1. The molecule has 0 saturated carbocycles. The quantitative estimate of drug-likeness (QED) is 0.532. The van der Waals surface area contributed by atoms with E-state index >= 15 is 0 Å². The molecule has 0 N–H and O–H groups in total. The van der Waals surface area contributed by atoms with Crippen molar-refractivity contribution < 1.29 is 9.13 Å². The Kier molecular flexibility index (Phi) is 2.02. The zero-order valence-corrected chi connectivity index (χ0v) is 7.98. The number of fused-ring (bicyclic) bond motifs is 1. The van der Waals surface area contributed by atoms with E-state index in [-0.39, 0.29) is 5.82 Å². The minimum absolute atomic E-state index is 0.210. The second-order valence-electron chi connectivity index (χ2n) is 3.56. The summed E-state index contributed by atoms with van der Waals surface area (Å²) in [7, 11) is 1.94. The number of hydrogen-bond acceptors (Lipinski definition) is 1. The lowest BCUT2D eigenvalue weighted by molar-refractivity contribution is 0.273. The average Bonchev–Trinajstić information content (AvgIpc) is 2.15. The molecule has 1 aromatic carbocycles. The van der Waals surface area contributed by atoms with Crippen LogP contribution < -0.4 is 10.2 Å². The molecule has 3 heteroatoms. The van der Waals surface area contributed by atoms with Crippen LogP contribution in [0.3, 0.4) is 0 Å². The molecule has 1 aromatic rings. The Morgan fingerprint density at radius 3 is 3.08 bits per heavy atom. The molecule has 1 aliphatic heterocycles. The highest BCUT2D eigenvalue weighted by molar-refractivity contribution is 6.33. The molecule has 1 heterocycles. The summed E-state index contributed by atoms with van der Waals surface area (Å²) in [5.74, 6) is 0.271. The van der Waals surface area contributed by atoms with Gasteiger partial charge in [-0.05, 0) is 31.4 Å². The van der Waals surface area contributed by atoms with E-state index in [2.05, 4.69) is 0 Å². The zero-order chi connectivity index (χ0) is 9.42. The molecule has 0 bridgehead atoms. The Balaban J connectivity index is 2.63. The smallest absolute Gasteiger partial charge is 0.164 e. The Morgan fingerprint density at radius 1 is 1.54 bits per heavy atom. The van der Waals surface area contributed by atoms with Crippen LogP contribution in [0.4, 0.5) is 4.39 Å². The van der Waals surface area contributed by atoms with Gasteiger partial charge in [-0.2, -0.15) is 0 Å². The van der Waals surface area contributed by atoms with Crippen molar-refractivity contribution in [3.05, 3.63) is 23.0 Å². The molecular weight excluding hydrogens is 166 g/mol. The first-order valence-corrected chi connectivity index (χ1v) is 4.61. The minimum Gasteiger partial charge on any atom is -0.490 e. The SMILES string of the molecule is Bc1cc(F)c2c(c1C)CCCO2. The lowest BCUT2D eigenvalue weighted by atomic mass is 9.86. The number of hydrogen-bond donors (Lipinski definition) is 0. The number of benzene rings is 1. The monoisotopic (exact) mass is 178 g/mol. The van der Waals surface area contributed by atoms with Crippen LogP contribution in [0.5, 0.6) is 5.75 Å².